The Labute approximate surface area is 99.0 Å². The zero-order valence-electron chi connectivity index (χ0n) is 10.6. The third-order valence-corrected chi connectivity index (χ3v) is 2.41. The molecule has 16 heavy (non-hydrogen) atoms. The number of rotatable bonds is 7. The fourth-order valence-corrected chi connectivity index (χ4v) is 1.74. The van der Waals surface area contributed by atoms with E-state index in [1.165, 1.54) is 0 Å². The lowest BCUT2D eigenvalue weighted by Gasteiger charge is -2.15. The molecule has 90 valence electrons. The first-order valence-electron chi connectivity index (χ1n) is 6.09. The van der Waals surface area contributed by atoms with Crippen LogP contribution in [0.1, 0.15) is 27.2 Å². The lowest BCUT2D eigenvalue weighted by molar-refractivity contribution is 0.0591. The first-order chi connectivity index (χ1) is 7.68. The molecule has 0 aliphatic heterocycles. The number of para-hydroxylation sites is 1. The highest BCUT2D eigenvalue weighted by atomic mass is 16.5. The largest absolute Gasteiger partial charge is 0.383 e. The molecule has 2 heteroatoms. The van der Waals surface area contributed by atoms with Crippen molar-refractivity contribution in [1.29, 1.82) is 0 Å². The summed E-state index contributed by atoms with van der Waals surface area (Å²) in [5.41, 5.74) is 1.16. The lowest BCUT2D eigenvalue weighted by atomic mass is 10.1. The van der Waals surface area contributed by atoms with Crippen molar-refractivity contribution < 1.29 is 4.74 Å². The zero-order chi connectivity index (χ0) is 11.8. The standard InChI is InChI=1S/C14H23NO/c1-12(2)11-13(3)16-10-9-15-14-7-5-4-6-8-14/h4-8,12-13,15H,9-11H2,1-3H3. The molecule has 0 bridgehead atoms. The van der Waals surface area contributed by atoms with E-state index >= 15 is 0 Å². The van der Waals surface area contributed by atoms with E-state index in [0.29, 0.717) is 12.0 Å². The van der Waals surface area contributed by atoms with Gasteiger partial charge in [0.1, 0.15) is 0 Å². The molecule has 0 radical (unpaired) electrons. The number of hydrogen-bond acceptors (Lipinski definition) is 2. The Morgan fingerprint density at radius 2 is 1.81 bits per heavy atom. The Kier molecular flexibility index (Phi) is 5.94. The van der Waals surface area contributed by atoms with Gasteiger partial charge in [-0.05, 0) is 31.4 Å². The second-order valence-corrected chi connectivity index (χ2v) is 4.60. The van der Waals surface area contributed by atoms with E-state index in [-0.39, 0.29) is 0 Å². The van der Waals surface area contributed by atoms with Crippen LogP contribution >= 0.6 is 0 Å². The molecule has 1 atom stereocenters. The quantitative estimate of drug-likeness (QED) is 0.711. The molecule has 0 spiro atoms. The highest BCUT2D eigenvalue weighted by Gasteiger charge is 2.04. The highest BCUT2D eigenvalue weighted by Crippen LogP contribution is 2.08. The lowest BCUT2D eigenvalue weighted by Crippen LogP contribution is -2.17. The molecule has 0 heterocycles. The summed E-state index contributed by atoms with van der Waals surface area (Å²) in [6.07, 6.45) is 1.49. The molecular formula is C14H23NO. The summed E-state index contributed by atoms with van der Waals surface area (Å²) in [4.78, 5) is 0. The van der Waals surface area contributed by atoms with Crippen LogP contribution in [0.2, 0.25) is 0 Å². The molecule has 0 saturated heterocycles. The van der Waals surface area contributed by atoms with Gasteiger partial charge in [0.2, 0.25) is 0 Å². The van der Waals surface area contributed by atoms with Gasteiger partial charge in [0.05, 0.1) is 12.7 Å². The molecule has 1 N–H and O–H groups in total. The highest BCUT2D eigenvalue weighted by molar-refractivity contribution is 5.42. The third kappa shape index (κ3) is 5.76. The number of anilines is 1. The summed E-state index contributed by atoms with van der Waals surface area (Å²) in [5.74, 6) is 0.706. The molecule has 1 aromatic carbocycles. The predicted octanol–water partition coefficient (Wildman–Crippen LogP) is 3.55. The van der Waals surface area contributed by atoms with Crippen molar-refractivity contribution in [2.75, 3.05) is 18.5 Å². The summed E-state index contributed by atoms with van der Waals surface area (Å²) < 4.78 is 5.71. The average Bonchev–Trinajstić information content (AvgIpc) is 2.25. The summed E-state index contributed by atoms with van der Waals surface area (Å²) in [6, 6.07) is 10.2. The Morgan fingerprint density at radius 3 is 2.44 bits per heavy atom. The van der Waals surface area contributed by atoms with Gasteiger partial charge in [-0.1, -0.05) is 32.0 Å². The van der Waals surface area contributed by atoms with E-state index in [4.69, 9.17) is 4.74 Å². The van der Waals surface area contributed by atoms with Crippen LogP contribution in [0.4, 0.5) is 5.69 Å². The van der Waals surface area contributed by atoms with Crippen molar-refractivity contribution >= 4 is 5.69 Å². The van der Waals surface area contributed by atoms with Gasteiger partial charge >= 0.3 is 0 Å². The molecule has 0 amide bonds. The van der Waals surface area contributed by atoms with Crippen LogP contribution in [0, 0.1) is 5.92 Å². The van der Waals surface area contributed by atoms with Gasteiger partial charge < -0.3 is 10.1 Å². The molecule has 0 aromatic heterocycles. The van der Waals surface area contributed by atoms with E-state index in [9.17, 15) is 0 Å². The van der Waals surface area contributed by atoms with Crippen molar-refractivity contribution in [2.45, 2.75) is 33.3 Å². The molecule has 1 unspecified atom stereocenters. The van der Waals surface area contributed by atoms with Crippen molar-refractivity contribution in [1.82, 2.24) is 0 Å². The molecule has 0 aliphatic carbocycles. The Morgan fingerprint density at radius 1 is 1.12 bits per heavy atom. The molecular weight excluding hydrogens is 198 g/mol. The van der Waals surface area contributed by atoms with Gasteiger partial charge in [-0.3, -0.25) is 0 Å². The van der Waals surface area contributed by atoms with Crippen LogP contribution in [0.25, 0.3) is 0 Å². The summed E-state index contributed by atoms with van der Waals surface area (Å²) in [7, 11) is 0. The smallest absolute Gasteiger partial charge is 0.0642 e. The second-order valence-electron chi connectivity index (χ2n) is 4.60. The van der Waals surface area contributed by atoms with Crippen LogP contribution in [0.3, 0.4) is 0 Å². The first-order valence-corrected chi connectivity index (χ1v) is 6.09. The summed E-state index contributed by atoms with van der Waals surface area (Å²) in [6.45, 7) is 8.22. The van der Waals surface area contributed by atoms with Gasteiger partial charge in [-0.15, -0.1) is 0 Å². The fourth-order valence-electron chi connectivity index (χ4n) is 1.74. The summed E-state index contributed by atoms with van der Waals surface area (Å²) in [5, 5.41) is 3.33. The van der Waals surface area contributed by atoms with Crippen molar-refractivity contribution in [3.8, 4) is 0 Å². The van der Waals surface area contributed by atoms with Crippen LogP contribution in [0.15, 0.2) is 30.3 Å². The van der Waals surface area contributed by atoms with Crippen molar-refractivity contribution in [2.24, 2.45) is 5.92 Å². The van der Waals surface area contributed by atoms with Gasteiger partial charge in [0.15, 0.2) is 0 Å². The van der Waals surface area contributed by atoms with E-state index in [0.717, 1.165) is 25.3 Å². The van der Waals surface area contributed by atoms with Gasteiger partial charge in [-0.25, -0.2) is 0 Å². The second kappa shape index (κ2) is 7.29. The van der Waals surface area contributed by atoms with Crippen LogP contribution in [0.5, 0.6) is 0 Å². The molecule has 2 nitrogen and oxygen atoms in total. The maximum absolute atomic E-state index is 5.71. The minimum atomic E-state index is 0.359. The Hall–Kier alpha value is -1.02. The molecule has 1 aromatic rings. The molecule has 0 saturated carbocycles. The van der Waals surface area contributed by atoms with E-state index < -0.39 is 0 Å². The van der Waals surface area contributed by atoms with Gasteiger partial charge in [0.25, 0.3) is 0 Å². The topological polar surface area (TPSA) is 21.3 Å². The van der Waals surface area contributed by atoms with Crippen LogP contribution in [-0.4, -0.2) is 19.3 Å². The SMILES string of the molecule is CC(C)CC(C)OCCNc1ccccc1. The van der Waals surface area contributed by atoms with E-state index in [1.807, 2.05) is 18.2 Å². The van der Waals surface area contributed by atoms with Crippen LogP contribution in [-0.2, 0) is 4.74 Å². The average molecular weight is 221 g/mol. The van der Waals surface area contributed by atoms with Crippen molar-refractivity contribution in [3.05, 3.63) is 30.3 Å². The maximum Gasteiger partial charge on any atom is 0.0642 e. The zero-order valence-corrected chi connectivity index (χ0v) is 10.6. The van der Waals surface area contributed by atoms with E-state index in [2.05, 4.69) is 38.2 Å². The van der Waals surface area contributed by atoms with Crippen LogP contribution < -0.4 is 5.32 Å². The molecule has 0 aliphatic rings. The normalized spacial score (nSPS) is 12.8. The monoisotopic (exact) mass is 221 g/mol. The number of hydrogen-bond donors (Lipinski definition) is 1. The Bertz CT molecular complexity index is 271. The van der Waals surface area contributed by atoms with Gasteiger partial charge in [0, 0.05) is 12.2 Å². The minimum Gasteiger partial charge on any atom is -0.383 e. The summed E-state index contributed by atoms with van der Waals surface area (Å²) >= 11 is 0. The number of ether oxygens (including phenoxy) is 1. The predicted molar refractivity (Wildman–Crippen MR) is 69.8 cm³/mol. The third-order valence-electron chi connectivity index (χ3n) is 2.41. The van der Waals surface area contributed by atoms with Gasteiger partial charge in [-0.2, -0.15) is 0 Å². The first kappa shape index (κ1) is 13.0. The number of nitrogens with one attached hydrogen (secondary N) is 1. The molecule has 1 rings (SSSR count). The number of benzene rings is 1. The van der Waals surface area contributed by atoms with Crippen molar-refractivity contribution in [3.63, 3.8) is 0 Å². The Balaban J connectivity index is 2.08. The fraction of sp³-hybridized carbons (Fsp3) is 0.571. The van der Waals surface area contributed by atoms with E-state index in [1.54, 1.807) is 0 Å². The molecule has 0 fully saturated rings. The maximum atomic E-state index is 5.71. The minimum absolute atomic E-state index is 0.359.